The summed E-state index contributed by atoms with van der Waals surface area (Å²) in [6.45, 7) is 1.07. The second-order valence-electron chi connectivity index (χ2n) is 5.51. The van der Waals surface area contributed by atoms with E-state index in [0.717, 1.165) is 7.05 Å². The first-order valence-electron chi connectivity index (χ1n) is 7.70. The van der Waals surface area contributed by atoms with E-state index in [1.807, 2.05) is 0 Å². The summed E-state index contributed by atoms with van der Waals surface area (Å²) in [4.78, 5) is 35.9. The molecule has 0 fully saturated rings. The topological polar surface area (TPSA) is 107 Å². The van der Waals surface area contributed by atoms with E-state index in [1.165, 1.54) is 6.07 Å². The minimum Gasteiger partial charge on any atom is -0.463 e. The summed E-state index contributed by atoms with van der Waals surface area (Å²) in [5, 5.41) is 0.926. The third-order valence-corrected chi connectivity index (χ3v) is 5.79. The summed E-state index contributed by atoms with van der Waals surface area (Å²) in [7, 11) is -3.06. The molecule has 9 heteroatoms. The minimum atomic E-state index is -4.18. The van der Waals surface area contributed by atoms with Crippen LogP contribution in [0.15, 0.2) is 35.2 Å². The van der Waals surface area contributed by atoms with Crippen molar-refractivity contribution in [2.75, 3.05) is 20.3 Å². The molecular weight excluding hydrogens is 362 g/mol. The number of carbonyl (C=O) groups excluding carboxylic acids is 3. The molecule has 1 aliphatic rings. The van der Waals surface area contributed by atoms with E-state index in [1.54, 1.807) is 31.2 Å². The van der Waals surface area contributed by atoms with Crippen molar-refractivity contribution in [3.63, 3.8) is 0 Å². The number of nitrogens with zero attached hydrogens (tertiary/aromatic N) is 1. The number of ether oxygens (including phenoxy) is 2. The molecule has 0 atom stereocenters. The standard InChI is InChI=1S/C17H15NO7S/c1-3-24-13(19)9-25-17(21)12-8-10-6-4-5-7-11(10)14-15(12)26(22,23)18(2)16(14)20/h4-8H,3,9H2,1-2H3. The number of hydrogen-bond acceptors (Lipinski definition) is 7. The van der Waals surface area contributed by atoms with Crippen molar-refractivity contribution in [2.24, 2.45) is 0 Å². The van der Waals surface area contributed by atoms with Crippen LogP contribution in [0.2, 0.25) is 0 Å². The minimum absolute atomic E-state index is 0.0753. The van der Waals surface area contributed by atoms with E-state index in [0.29, 0.717) is 15.1 Å². The number of esters is 2. The van der Waals surface area contributed by atoms with Gasteiger partial charge in [0.25, 0.3) is 15.9 Å². The summed E-state index contributed by atoms with van der Waals surface area (Å²) in [6.07, 6.45) is 0. The predicted octanol–water partition coefficient (Wildman–Crippen LogP) is 1.33. The molecule has 0 N–H and O–H groups in total. The molecule has 0 bridgehead atoms. The molecule has 0 spiro atoms. The monoisotopic (exact) mass is 377 g/mol. The average Bonchev–Trinajstić information content (AvgIpc) is 2.80. The number of hydrogen-bond donors (Lipinski definition) is 0. The van der Waals surface area contributed by atoms with Crippen LogP contribution in [-0.4, -0.2) is 50.8 Å². The van der Waals surface area contributed by atoms with Crippen molar-refractivity contribution in [3.8, 4) is 0 Å². The molecule has 136 valence electrons. The van der Waals surface area contributed by atoms with Gasteiger partial charge < -0.3 is 9.47 Å². The fourth-order valence-electron chi connectivity index (χ4n) is 2.77. The molecule has 0 unspecified atom stereocenters. The highest BCUT2D eigenvalue weighted by Gasteiger charge is 2.43. The number of fused-ring (bicyclic) bond motifs is 3. The van der Waals surface area contributed by atoms with Gasteiger partial charge in [-0.25, -0.2) is 22.3 Å². The predicted molar refractivity (Wildman–Crippen MR) is 90.1 cm³/mol. The Bertz CT molecular complexity index is 1040. The molecule has 1 amide bonds. The zero-order valence-corrected chi connectivity index (χ0v) is 14.8. The van der Waals surface area contributed by atoms with Gasteiger partial charge in [0.15, 0.2) is 6.61 Å². The Labute approximate surface area is 149 Å². The van der Waals surface area contributed by atoms with Crippen molar-refractivity contribution in [1.82, 2.24) is 4.31 Å². The smallest absolute Gasteiger partial charge is 0.344 e. The van der Waals surface area contributed by atoms with Crippen LogP contribution in [0.1, 0.15) is 27.6 Å². The van der Waals surface area contributed by atoms with Crippen molar-refractivity contribution >= 4 is 38.6 Å². The fourth-order valence-corrected chi connectivity index (χ4v) is 4.23. The van der Waals surface area contributed by atoms with Gasteiger partial charge in [-0.15, -0.1) is 0 Å². The van der Waals surface area contributed by atoms with Gasteiger partial charge >= 0.3 is 11.9 Å². The third kappa shape index (κ3) is 2.70. The van der Waals surface area contributed by atoms with Crippen molar-refractivity contribution in [3.05, 3.63) is 41.5 Å². The quantitative estimate of drug-likeness (QED) is 0.740. The van der Waals surface area contributed by atoms with Crippen LogP contribution in [0.5, 0.6) is 0 Å². The first kappa shape index (κ1) is 17.9. The molecule has 0 saturated heterocycles. The Morgan fingerprint density at radius 1 is 1.15 bits per heavy atom. The molecule has 2 aromatic carbocycles. The van der Waals surface area contributed by atoms with Gasteiger partial charge in [-0.3, -0.25) is 4.79 Å². The van der Waals surface area contributed by atoms with E-state index in [-0.39, 0.29) is 17.7 Å². The zero-order chi connectivity index (χ0) is 19.1. The maximum absolute atomic E-state index is 12.6. The summed E-state index contributed by atoms with van der Waals surface area (Å²) >= 11 is 0. The van der Waals surface area contributed by atoms with Crippen molar-refractivity contribution in [1.29, 1.82) is 0 Å². The summed E-state index contributed by atoms with van der Waals surface area (Å²) in [5.74, 6) is -2.50. The first-order valence-corrected chi connectivity index (χ1v) is 9.14. The Balaban J connectivity index is 2.16. The number of benzene rings is 2. The second kappa shape index (κ2) is 6.41. The Morgan fingerprint density at radius 2 is 1.85 bits per heavy atom. The molecule has 8 nitrogen and oxygen atoms in total. The van der Waals surface area contributed by atoms with E-state index in [4.69, 9.17) is 4.74 Å². The number of carbonyl (C=O) groups is 3. The van der Waals surface area contributed by atoms with Crippen molar-refractivity contribution < 1.29 is 32.3 Å². The highest BCUT2D eigenvalue weighted by molar-refractivity contribution is 7.90. The number of amides is 1. The van der Waals surface area contributed by atoms with Crippen LogP contribution in [0.25, 0.3) is 10.8 Å². The van der Waals surface area contributed by atoms with E-state index in [2.05, 4.69) is 4.74 Å². The van der Waals surface area contributed by atoms with Crippen LogP contribution < -0.4 is 0 Å². The van der Waals surface area contributed by atoms with Gasteiger partial charge in [-0.2, -0.15) is 0 Å². The van der Waals surface area contributed by atoms with Gasteiger partial charge in [0.1, 0.15) is 4.90 Å². The summed E-state index contributed by atoms with van der Waals surface area (Å²) in [6, 6.07) is 7.95. The zero-order valence-electron chi connectivity index (χ0n) is 14.0. The summed E-state index contributed by atoms with van der Waals surface area (Å²) < 4.78 is 35.4. The molecule has 26 heavy (non-hydrogen) atoms. The molecule has 0 radical (unpaired) electrons. The molecule has 3 rings (SSSR count). The van der Waals surface area contributed by atoms with E-state index >= 15 is 0 Å². The van der Waals surface area contributed by atoms with Crippen LogP contribution in [0.4, 0.5) is 0 Å². The normalized spacial score (nSPS) is 15.0. The number of sulfonamides is 1. The van der Waals surface area contributed by atoms with Gasteiger partial charge in [-0.05, 0) is 23.8 Å². The highest BCUT2D eigenvalue weighted by Crippen LogP contribution is 2.37. The molecule has 1 heterocycles. The largest absolute Gasteiger partial charge is 0.463 e. The van der Waals surface area contributed by atoms with Crippen LogP contribution in [0.3, 0.4) is 0 Å². The van der Waals surface area contributed by atoms with Gasteiger partial charge in [-0.1, -0.05) is 24.3 Å². The van der Waals surface area contributed by atoms with E-state index < -0.39 is 39.4 Å². The lowest BCUT2D eigenvalue weighted by molar-refractivity contribution is -0.146. The average molecular weight is 377 g/mol. The van der Waals surface area contributed by atoms with Crippen LogP contribution in [0, 0.1) is 0 Å². The fraction of sp³-hybridized carbons (Fsp3) is 0.235. The Morgan fingerprint density at radius 3 is 2.54 bits per heavy atom. The Hall–Kier alpha value is -2.94. The summed E-state index contributed by atoms with van der Waals surface area (Å²) in [5.41, 5.74) is -0.366. The van der Waals surface area contributed by atoms with Crippen LogP contribution in [-0.2, 0) is 24.3 Å². The van der Waals surface area contributed by atoms with E-state index in [9.17, 15) is 22.8 Å². The lowest BCUT2D eigenvalue weighted by Crippen LogP contribution is -2.25. The maximum Gasteiger partial charge on any atom is 0.344 e. The molecule has 0 saturated carbocycles. The lowest BCUT2D eigenvalue weighted by Gasteiger charge is -2.10. The molecular formula is C17H15NO7S. The SMILES string of the molecule is CCOC(=O)COC(=O)c1cc2ccccc2c2c1S(=O)(=O)N(C)C2=O. The van der Waals surface area contributed by atoms with Gasteiger partial charge in [0, 0.05) is 7.05 Å². The maximum atomic E-state index is 12.6. The molecule has 0 aromatic heterocycles. The van der Waals surface area contributed by atoms with Gasteiger partial charge in [0.05, 0.1) is 17.7 Å². The third-order valence-electron chi connectivity index (χ3n) is 3.97. The van der Waals surface area contributed by atoms with Crippen LogP contribution >= 0.6 is 0 Å². The first-order chi connectivity index (χ1) is 12.3. The molecule has 2 aromatic rings. The highest BCUT2D eigenvalue weighted by atomic mass is 32.2. The van der Waals surface area contributed by atoms with Crippen molar-refractivity contribution in [2.45, 2.75) is 11.8 Å². The second-order valence-corrected chi connectivity index (χ2v) is 7.41. The molecule has 1 aliphatic heterocycles. The molecule has 0 aliphatic carbocycles. The lowest BCUT2D eigenvalue weighted by atomic mass is 10.00. The Kier molecular flexibility index (Phi) is 4.41. The van der Waals surface area contributed by atoms with Gasteiger partial charge in [0.2, 0.25) is 0 Å². The number of rotatable bonds is 4.